The van der Waals surface area contributed by atoms with E-state index in [0.717, 1.165) is 25.2 Å². The first-order chi connectivity index (χ1) is 13.5. The average Bonchev–Trinajstić information content (AvgIpc) is 3.36. The van der Waals surface area contributed by atoms with Crippen LogP contribution in [0.4, 0.5) is 17.6 Å². The molecule has 1 atom stereocenters. The molecule has 1 aliphatic rings. The topological polar surface area (TPSA) is 141 Å². The zero-order valence-electron chi connectivity index (χ0n) is 15.9. The van der Waals surface area contributed by atoms with Gasteiger partial charge in [0.05, 0.1) is 12.0 Å². The molecule has 0 aromatic carbocycles. The van der Waals surface area contributed by atoms with Crippen molar-refractivity contribution in [3.05, 3.63) is 18.1 Å². The van der Waals surface area contributed by atoms with Crippen molar-refractivity contribution in [1.29, 1.82) is 0 Å². The number of hydrogen-bond donors (Lipinski definition) is 4. The fourth-order valence-electron chi connectivity index (χ4n) is 3.37. The van der Waals surface area contributed by atoms with Crippen molar-refractivity contribution >= 4 is 34.7 Å². The maximum Gasteiger partial charge on any atom is 0.245 e. The molecule has 28 heavy (non-hydrogen) atoms. The molecule has 11 heteroatoms. The molecule has 1 fully saturated rings. The van der Waals surface area contributed by atoms with Gasteiger partial charge in [-0.2, -0.15) is 15.1 Å². The van der Waals surface area contributed by atoms with Crippen LogP contribution in [0.25, 0.3) is 11.2 Å². The molecule has 0 aliphatic carbocycles. The van der Waals surface area contributed by atoms with Crippen molar-refractivity contribution in [2.45, 2.75) is 39.4 Å². The van der Waals surface area contributed by atoms with Gasteiger partial charge in [-0.3, -0.25) is 4.79 Å². The van der Waals surface area contributed by atoms with E-state index in [4.69, 9.17) is 5.73 Å². The molecule has 0 bridgehead atoms. The molecule has 148 valence electrons. The highest BCUT2D eigenvalue weighted by atomic mass is 16.2. The van der Waals surface area contributed by atoms with E-state index in [1.54, 1.807) is 15.6 Å². The van der Waals surface area contributed by atoms with Gasteiger partial charge in [0.25, 0.3) is 0 Å². The maximum absolute atomic E-state index is 12.6. The van der Waals surface area contributed by atoms with E-state index in [2.05, 4.69) is 36.0 Å². The number of aromatic nitrogens is 6. The van der Waals surface area contributed by atoms with Crippen LogP contribution in [0.15, 0.2) is 12.4 Å². The summed E-state index contributed by atoms with van der Waals surface area (Å²) in [5.74, 6) is 1.21. The molecular formula is C17H24N10O. The van der Waals surface area contributed by atoms with Crippen LogP contribution in [-0.2, 0) is 17.9 Å². The molecule has 3 aromatic rings. The molecule has 1 unspecified atom stereocenters. The van der Waals surface area contributed by atoms with E-state index < -0.39 is 0 Å². The van der Waals surface area contributed by atoms with Gasteiger partial charge in [0, 0.05) is 25.2 Å². The highest BCUT2D eigenvalue weighted by Gasteiger charge is 2.19. The second kappa shape index (κ2) is 7.43. The number of fused-ring (bicyclic) bond motifs is 1. The summed E-state index contributed by atoms with van der Waals surface area (Å²) in [7, 11) is 0. The molecule has 11 nitrogen and oxygen atoms in total. The third-order valence-electron chi connectivity index (χ3n) is 4.67. The van der Waals surface area contributed by atoms with Crippen molar-refractivity contribution in [2.24, 2.45) is 0 Å². The van der Waals surface area contributed by atoms with Crippen LogP contribution in [0.2, 0.25) is 0 Å². The number of rotatable bonds is 6. The van der Waals surface area contributed by atoms with Gasteiger partial charge >= 0.3 is 0 Å². The van der Waals surface area contributed by atoms with Crippen LogP contribution < -0.4 is 21.7 Å². The fraction of sp³-hybridized carbons (Fsp3) is 0.471. The van der Waals surface area contributed by atoms with Crippen molar-refractivity contribution < 1.29 is 4.79 Å². The fourth-order valence-corrected chi connectivity index (χ4v) is 3.37. The molecule has 1 aliphatic heterocycles. The number of amides is 1. The second-order valence-corrected chi connectivity index (χ2v) is 6.84. The molecule has 1 saturated heterocycles. The third kappa shape index (κ3) is 3.60. The number of nitrogens with two attached hydrogens (primary N) is 1. The molecule has 0 radical (unpaired) electrons. The minimum atomic E-state index is -0.194. The number of hydrogen-bond acceptors (Lipinski definition) is 8. The summed E-state index contributed by atoms with van der Waals surface area (Å²) in [5, 5.41) is 13.9. The first kappa shape index (κ1) is 18.2. The van der Waals surface area contributed by atoms with Crippen LogP contribution in [0.5, 0.6) is 0 Å². The van der Waals surface area contributed by atoms with Gasteiger partial charge in [-0.05, 0) is 26.8 Å². The zero-order chi connectivity index (χ0) is 19.7. The highest BCUT2D eigenvalue weighted by Crippen LogP contribution is 2.21. The summed E-state index contributed by atoms with van der Waals surface area (Å²) in [5.41, 5.74) is 7.87. The molecule has 5 N–H and O–H groups in total. The lowest BCUT2D eigenvalue weighted by atomic mass is 10.2. The summed E-state index contributed by atoms with van der Waals surface area (Å²) in [6.07, 6.45) is 2.58. The monoisotopic (exact) mass is 384 g/mol. The Balaban J connectivity index is 1.55. The Kier molecular flexibility index (Phi) is 4.82. The number of anilines is 3. The highest BCUT2D eigenvalue weighted by molar-refractivity contribution is 5.91. The van der Waals surface area contributed by atoms with Crippen molar-refractivity contribution in [3.63, 3.8) is 0 Å². The van der Waals surface area contributed by atoms with E-state index in [1.165, 1.54) is 0 Å². The first-order valence-electron chi connectivity index (χ1n) is 9.33. The predicted octanol–water partition coefficient (Wildman–Crippen LogP) is 0.346. The Bertz CT molecular complexity index is 1000. The Hall–Kier alpha value is -3.21. The Labute approximate surface area is 161 Å². The van der Waals surface area contributed by atoms with E-state index in [1.807, 2.05) is 19.9 Å². The van der Waals surface area contributed by atoms with Crippen molar-refractivity contribution in [1.82, 2.24) is 34.6 Å². The summed E-state index contributed by atoms with van der Waals surface area (Å²) in [4.78, 5) is 25.5. The molecule has 1 amide bonds. The lowest BCUT2D eigenvalue weighted by Crippen LogP contribution is -2.23. The normalized spacial score (nSPS) is 16.6. The SMILES string of the molecule is CCn1nc(C)cc1NC(=O)Cn1cnc2c(NC3CCNC3)nc(N)nc21. The van der Waals surface area contributed by atoms with E-state index in [9.17, 15) is 4.79 Å². The lowest BCUT2D eigenvalue weighted by Gasteiger charge is -2.13. The van der Waals surface area contributed by atoms with Crippen LogP contribution >= 0.6 is 0 Å². The molecule has 0 spiro atoms. The molecular weight excluding hydrogens is 360 g/mol. The maximum atomic E-state index is 12.6. The Morgan fingerprint density at radius 2 is 2.29 bits per heavy atom. The quantitative estimate of drug-likeness (QED) is 0.477. The Morgan fingerprint density at radius 3 is 3.04 bits per heavy atom. The number of nitrogen functional groups attached to an aromatic ring is 1. The molecule has 0 saturated carbocycles. The minimum Gasteiger partial charge on any atom is -0.368 e. The molecule has 3 aromatic heterocycles. The second-order valence-electron chi connectivity index (χ2n) is 6.84. The number of aryl methyl sites for hydroxylation is 2. The van der Waals surface area contributed by atoms with Crippen LogP contribution in [0.1, 0.15) is 19.0 Å². The summed E-state index contributed by atoms with van der Waals surface area (Å²) < 4.78 is 3.41. The van der Waals surface area contributed by atoms with E-state index in [0.29, 0.717) is 29.3 Å². The smallest absolute Gasteiger partial charge is 0.245 e. The average molecular weight is 384 g/mol. The predicted molar refractivity (Wildman–Crippen MR) is 106 cm³/mol. The van der Waals surface area contributed by atoms with Crippen molar-refractivity contribution in [3.8, 4) is 0 Å². The lowest BCUT2D eigenvalue weighted by molar-refractivity contribution is -0.116. The van der Waals surface area contributed by atoms with E-state index >= 15 is 0 Å². The number of imidazole rings is 1. The van der Waals surface area contributed by atoms with Crippen molar-refractivity contribution in [2.75, 3.05) is 29.5 Å². The van der Waals surface area contributed by atoms with Crippen LogP contribution in [-0.4, -0.2) is 54.3 Å². The standard InChI is InChI=1S/C17H24N10O/c1-3-27-12(6-10(2)25-27)22-13(28)8-26-9-20-14-15(21-11-4-5-19-7-11)23-17(18)24-16(14)26/h6,9,11,19H,3-5,7-8H2,1-2H3,(H,22,28)(H3,18,21,23,24). The minimum absolute atomic E-state index is 0.0608. The van der Waals surface area contributed by atoms with Crippen LogP contribution in [0.3, 0.4) is 0 Å². The van der Waals surface area contributed by atoms with Gasteiger partial charge in [0.15, 0.2) is 17.0 Å². The third-order valence-corrected chi connectivity index (χ3v) is 4.67. The van der Waals surface area contributed by atoms with Crippen LogP contribution in [0, 0.1) is 6.92 Å². The number of nitrogens with one attached hydrogen (secondary N) is 3. The number of carbonyl (C=O) groups is 1. The van der Waals surface area contributed by atoms with E-state index in [-0.39, 0.29) is 24.4 Å². The molecule has 4 heterocycles. The number of nitrogens with zero attached hydrogens (tertiary/aromatic N) is 6. The number of carbonyl (C=O) groups excluding carboxylic acids is 1. The van der Waals surface area contributed by atoms with Gasteiger partial charge in [0.2, 0.25) is 11.9 Å². The largest absolute Gasteiger partial charge is 0.368 e. The summed E-state index contributed by atoms with van der Waals surface area (Å²) in [6.45, 7) is 6.42. The van der Waals surface area contributed by atoms with Gasteiger partial charge in [-0.25, -0.2) is 9.67 Å². The van der Waals surface area contributed by atoms with Gasteiger partial charge in [-0.15, -0.1) is 0 Å². The molecule has 4 rings (SSSR count). The van der Waals surface area contributed by atoms with Gasteiger partial charge < -0.3 is 26.3 Å². The van der Waals surface area contributed by atoms with Gasteiger partial charge in [0.1, 0.15) is 12.4 Å². The zero-order valence-corrected chi connectivity index (χ0v) is 15.9. The Morgan fingerprint density at radius 1 is 1.43 bits per heavy atom. The first-order valence-corrected chi connectivity index (χ1v) is 9.33. The van der Waals surface area contributed by atoms with Gasteiger partial charge in [-0.1, -0.05) is 0 Å². The summed E-state index contributed by atoms with van der Waals surface area (Å²) in [6, 6.07) is 2.11. The summed E-state index contributed by atoms with van der Waals surface area (Å²) >= 11 is 0.